The molecule has 23 heavy (non-hydrogen) atoms. The third kappa shape index (κ3) is 3.85. The van der Waals surface area contributed by atoms with E-state index in [9.17, 15) is 4.39 Å². The van der Waals surface area contributed by atoms with E-state index in [1.54, 1.807) is 0 Å². The minimum absolute atomic E-state index is 0.188. The molecule has 0 bridgehead atoms. The monoisotopic (exact) mass is 314 g/mol. The van der Waals surface area contributed by atoms with Gasteiger partial charge in [-0.2, -0.15) is 0 Å². The van der Waals surface area contributed by atoms with E-state index in [1.807, 2.05) is 19.1 Å². The summed E-state index contributed by atoms with van der Waals surface area (Å²) in [6.45, 7) is 8.85. The zero-order valence-corrected chi connectivity index (χ0v) is 13.9. The van der Waals surface area contributed by atoms with Gasteiger partial charge in [0.15, 0.2) is 0 Å². The predicted octanol–water partition coefficient (Wildman–Crippen LogP) is 3.30. The van der Waals surface area contributed by atoms with Crippen molar-refractivity contribution in [2.75, 3.05) is 11.9 Å². The number of aromatic nitrogens is 2. The summed E-state index contributed by atoms with van der Waals surface area (Å²) in [6, 6.07) is 7.07. The molecule has 1 N–H and O–H groups in total. The molecule has 0 radical (unpaired) electrons. The van der Waals surface area contributed by atoms with Crippen molar-refractivity contribution >= 4 is 5.95 Å². The predicted molar refractivity (Wildman–Crippen MR) is 89.7 cm³/mol. The van der Waals surface area contributed by atoms with E-state index >= 15 is 0 Å². The highest BCUT2D eigenvalue weighted by Crippen LogP contribution is 2.23. The largest absolute Gasteiger partial charge is 0.352 e. The molecule has 5 heteroatoms. The molecule has 1 aromatic heterocycles. The number of anilines is 1. The van der Waals surface area contributed by atoms with E-state index in [2.05, 4.69) is 34.0 Å². The van der Waals surface area contributed by atoms with Crippen molar-refractivity contribution in [1.29, 1.82) is 0 Å². The first-order chi connectivity index (χ1) is 11.0. The number of hydrogen-bond donors (Lipinski definition) is 1. The Kier molecular flexibility index (Phi) is 4.57. The highest BCUT2D eigenvalue weighted by atomic mass is 19.1. The topological polar surface area (TPSA) is 41.1 Å². The Morgan fingerprint density at radius 2 is 1.96 bits per heavy atom. The van der Waals surface area contributed by atoms with E-state index in [0.29, 0.717) is 6.04 Å². The molecule has 2 heterocycles. The molecule has 4 nitrogen and oxygen atoms in total. The molecule has 1 aliphatic heterocycles. The lowest BCUT2D eigenvalue weighted by Gasteiger charge is -2.29. The first-order valence-corrected chi connectivity index (χ1v) is 8.11. The van der Waals surface area contributed by atoms with E-state index < -0.39 is 0 Å². The van der Waals surface area contributed by atoms with Crippen molar-refractivity contribution in [3.05, 3.63) is 52.6 Å². The fourth-order valence-corrected chi connectivity index (χ4v) is 2.94. The summed E-state index contributed by atoms with van der Waals surface area (Å²) in [7, 11) is 0. The molecule has 1 aliphatic rings. The van der Waals surface area contributed by atoms with Gasteiger partial charge in [-0.1, -0.05) is 12.1 Å². The maximum Gasteiger partial charge on any atom is 0.223 e. The summed E-state index contributed by atoms with van der Waals surface area (Å²) in [5, 5.41) is 3.28. The molecule has 3 rings (SSSR count). The normalized spacial score (nSPS) is 14.8. The molecule has 2 aromatic rings. The molecule has 1 aromatic carbocycles. The van der Waals surface area contributed by atoms with E-state index in [1.165, 1.54) is 17.7 Å². The average molecular weight is 314 g/mol. The van der Waals surface area contributed by atoms with Gasteiger partial charge in [0.25, 0.3) is 0 Å². The number of hydrogen-bond acceptors (Lipinski definition) is 4. The van der Waals surface area contributed by atoms with Gasteiger partial charge in [0.05, 0.1) is 5.69 Å². The quantitative estimate of drug-likeness (QED) is 0.940. The Morgan fingerprint density at radius 1 is 1.22 bits per heavy atom. The number of halogens is 1. The van der Waals surface area contributed by atoms with Gasteiger partial charge < -0.3 is 5.32 Å². The zero-order chi connectivity index (χ0) is 16.4. The van der Waals surface area contributed by atoms with Gasteiger partial charge in [0.1, 0.15) is 5.82 Å². The lowest BCUT2D eigenvalue weighted by molar-refractivity contribution is 0.242. The van der Waals surface area contributed by atoms with Crippen LogP contribution in [0.4, 0.5) is 10.3 Å². The molecule has 0 fully saturated rings. The van der Waals surface area contributed by atoms with Crippen molar-refractivity contribution < 1.29 is 4.39 Å². The molecule has 0 saturated heterocycles. The molecule has 0 unspecified atom stereocenters. The molecule has 0 spiro atoms. The van der Waals surface area contributed by atoms with Crippen LogP contribution in [0.15, 0.2) is 24.3 Å². The van der Waals surface area contributed by atoms with Crippen molar-refractivity contribution in [3.8, 4) is 0 Å². The van der Waals surface area contributed by atoms with E-state index in [-0.39, 0.29) is 5.82 Å². The Bertz CT molecular complexity index is 682. The minimum Gasteiger partial charge on any atom is -0.352 e. The average Bonchev–Trinajstić information content (AvgIpc) is 2.50. The summed E-state index contributed by atoms with van der Waals surface area (Å²) in [5.41, 5.74) is 4.55. The van der Waals surface area contributed by atoms with Crippen LogP contribution in [0, 0.1) is 12.7 Å². The van der Waals surface area contributed by atoms with Gasteiger partial charge in [-0.15, -0.1) is 0 Å². The summed E-state index contributed by atoms with van der Waals surface area (Å²) in [5.74, 6) is 0.537. The first kappa shape index (κ1) is 15.9. The van der Waals surface area contributed by atoms with Crippen LogP contribution in [0.5, 0.6) is 0 Å². The Balaban J connectivity index is 1.74. The van der Waals surface area contributed by atoms with Gasteiger partial charge in [0.2, 0.25) is 5.95 Å². The second-order valence-electron chi connectivity index (χ2n) is 6.44. The van der Waals surface area contributed by atoms with E-state index in [4.69, 9.17) is 0 Å². The van der Waals surface area contributed by atoms with Crippen LogP contribution in [0.25, 0.3) is 0 Å². The number of aryl methyl sites for hydroxylation is 1. The first-order valence-electron chi connectivity index (χ1n) is 8.11. The van der Waals surface area contributed by atoms with Crippen LogP contribution in [0.3, 0.4) is 0 Å². The molecule has 0 amide bonds. The fourth-order valence-electron chi connectivity index (χ4n) is 2.94. The second kappa shape index (κ2) is 6.62. The maximum absolute atomic E-state index is 13.0. The molecular weight excluding hydrogens is 291 g/mol. The molecule has 122 valence electrons. The van der Waals surface area contributed by atoms with Gasteiger partial charge >= 0.3 is 0 Å². The summed E-state index contributed by atoms with van der Waals surface area (Å²) < 4.78 is 13.0. The third-order valence-corrected chi connectivity index (χ3v) is 4.08. The third-order valence-electron chi connectivity index (χ3n) is 4.08. The van der Waals surface area contributed by atoms with Crippen LogP contribution in [-0.2, 0) is 19.5 Å². The summed E-state index contributed by atoms with van der Waals surface area (Å²) in [4.78, 5) is 11.6. The number of fused-ring (bicyclic) bond motifs is 1. The standard InChI is InChI=1S/C18H23FN4/c1-12(2)20-18-21-13(3)16-11-23(9-8-17(16)22-18)10-14-4-6-15(19)7-5-14/h4-7,12H,8-11H2,1-3H3,(H,20,21,22). The Morgan fingerprint density at radius 3 is 2.65 bits per heavy atom. The molecule has 0 aliphatic carbocycles. The highest BCUT2D eigenvalue weighted by Gasteiger charge is 2.21. The minimum atomic E-state index is -0.188. The van der Waals surface area contributed by atoms with Gasteiger partial charge in [-0.05, 0) is 38.5 Å². The lowest BCUT2D eigenvalue weighted by Crippen LogP contribution is -2.32. The Hall–Kier alpha value is -2.01. The maximum atomic E-state index is 13.0. The van der Waals surface area contributed by atoms with Crippen molar-refractivity contribution in [2.24, 2.45) is 0 Å². The number of rotatable bonds is 4. The number of nitrogens with zero attached hydrogens (tertiary/aromatic N) is 3. The molecular formula is C18H23FN4. The van der Waals surface area contributed by atoms with Crippen molar-refractivity contribution in [2.45, 2.75) is 46.3 Å². The highest BCUT2D eigenvalue weighted by molar-refractivity contribution is 5.36. The number of benzene rings is 1. The summed E-state index contributed by atoms with van der Waals surface area (Å²) >= 11 is 0. The molecule has 0 atom stereocenters. The number of nitrogens with one attached hydrogen (secondary N) is 1. The summed E-state index contributed by atoms with van der Waals surface area (Å²) in [6.07, 6.45) is 0.923. The van der Waals surface area contributed by atoms with Crippen LogP contribution >= 0.6 is 0 Å². The van der Waals surface area contributed by atoms with Gasteiger partial charge in [0, 0.05) is 43.4 Å². The van der Waals surface area contributed by atoms with E-state index in [0.717, 1.165) is 49.0 Å². The van der Waals surface area contributed by atoms with Gasteiger partial charge in [-0.3, -0.25) is 4.90 Å². The second-order valence-corrected chi connectivity index (χ2v) is 6.44. The molecule has 0 saturated carbocycles. The van der Waals surface area contributed by atoms with Crippen LogP contribution in [-0.4, -0.2) is 27.5 Å². The smallest absolute Gasteiger partial charge is 0.223 e. The SMILES string of the molecule is Cc1nc(NC(C)C)nc2c1CN(Cc1ccc(F)cc1)CC2. The zero-order valence-electron chi connectivity index (χ0n) is 13.9. The van der Waals surface area contributed by atoms with Crippen molar-refractivity contribution in [1.82, 2.24) is 14.9 Å². The van der Waals surface area contributed by atoms with Crippen LogP contribution in [0.1, 0.15) is 36.4 Å². The van der Waals surface area contributed by atoms with Crippen LogP contribution in [0.2, 0.25) is 0 Å². The fraction of sp³-hybridized carbons (Fsp3) is 0.444. The van der Waals surface area contributed by atoms with Gasteiger partial charge in [-0.25, -0.2) is 14.4 Å². The Labute approximate surface area is 136 Å². The lowest BCUT2D eigenvalue weighted by atomic mass is 10.0. The van der Waals surface area contributed by atoms with Crippen LogP contribution < -0.4 is 5.32 Å². The van der Waals surface area contributed by atoms with Crippen molar-refractivity contribution in [3.63, 3.8) is 0 Å².